The first-order valence-corrected chi connectivity index (χ1v) is 9.39. The van der Waals surface area contributed by atoms with Crippen molar-refractivity contribution < 1.29 is 8.42 Å². The molecule has 1 heterocycles. The predicted molar refractivity (Wildman–Crippen MR) is 84.7 cm³/mol. The highest BCUT2D eigenvalue weighted by Crippen LogP contribution is 2.18. The molecule has 20 heavy (non-hydrogen) atoms. The highest BCUT2D eigenvalue weighted by Gasteiger charge is 2.15. The Hall–Kier alpha value is -0.470. The van der Waals surface area contributed by atoms with Crippen molar-refractivity contribution in [3.63, 3.8) is 0 Å². The summed E-state index contributed by atoms with van der Waals surface area (Å²) < 4.78 is 26.9. The zero-order valence-corrected chi connectivity index (χ0v) is 14.1. The third kappa shape index (κ3) is 5.49. The topological polar surface area (TPSA) is 61.4 Å². The minimum Gasteiger partial charge on any atom is -0.312 e. The molecular formula is C13H25N3O2S2. The van der Waals surface area contributed by atoms with Crippen molar-refractivity contribution in [1.29, 1.82) is 0 Å². The van der Waals surface area contributed by atoms with E-state index in [1.54, 1.807) is 11.4 Å². The van der Waals surface area contributed by atoms with Crippen LogP contribution in [0, 0.1) is 0 Å². The van der Waals surface area contributed by atoms with Gasteiger partial charge in [-0.25, -0.2) is 13.1 Å². The van der Waals surface area contributed by atoms with Crippen LogP contribution in [0.3, 0.4) is 0 Å². The van der Waals surface area contributed by atoms with Gasteiger partial charge in [-0.15, -0.1) is 11.3 Å². The minimum absolute atomic E-state index is 0.370. The molecule has 1 aromatic heterocycles. The van der Waals surface area contributed by atoms with E-state index in [0.29, 0.717) is 11.4 Å². The van der Waals surface area contributed by atoms with Crippen molar-refractivity contribution in [3.8, 4) is 0 Å². The van der Waals surface area contributed by atoms with Crippen LogP contribution in [-0.4, -0.2) is 46.0 Å². The van der Waals surface area contributed by atoms with Gasteiger partial charge in [0.05, 0.1) is 4.90 Å². The summed E-state index contributed by atoms with van der Waals surface area (Å²) in [7, 11) is -3.37. The monoisotopic (exact) mass is 319 g/mol. The molecule has 0 aromatic carbocycles. The van der Waals surface area contributed by atoms with Gasteiger partial charge in [0.2, 0.25) is 10.0 Å². The highest BCUT2D eigenvalue weighted by atomic mass is 32.2. The second kappa shape index (κ2) is 8.74. The Morgan fingerprint density at radius 3 is 2.55 bits per heavy atom. The predicted octanol–water partition coefficient (Wildman–Crippen LogP) is 1.48. The third-order valence-electron chi connectivity index (χ3n) is 3.10. The largest absolute Gasteiger partial charge is 0.312 e. The maximum atomic E-state index is 12.1. The molecule has 0 saturated carbocycles. The summed E-state index contributed by atoms with van der Waals surface area (Å²) >= 11 is 1.47. The number of likely N-dealkylation sites (N-methyl/N-ethyl adjacent to an activating group) is 1. The van der Waals surface area contributed by atoms with Gasteiger partial charge in [-0.05, 0) is 25.7 Å². The van der Waals surface area contributed by atoms with Crippen molar-refractivity contribution in [2.45, 2.75) is 32.2 Å². The molecule has 0 radical (unpaired) electrons. The summed E-state index contributed by atoms with van der Waals surface area (Å²) in [5.74, 6) is 0. The fraction of sp³-hybridized carbons (Fsp3) is 0.692. The van der Waals surface area contributed by atoms with Crippen LogP contribution in [0.1, 0.15) is 25.6 Å². The summed E-state index contributed by atoms with van der Waals surface area (Å²) in [5.41, 5.74) is 0. The van der Waals surface area contributed by atoms with Gasteiger partial charge >= 0.3 is 0 Å². The van der Waals surface area contributed by atoms with Crippen molar-refractivity contribution in [2.75, 3.05) is 32.7 Å². The SMILES string of the molecule is CCNCc1cc(S(=O)(=O)NCCN(CC)CC)cs1. The van der Waals surface area contributed by atoms with E-state index in [4.69, 9.17) is 0 Å². The smallest absolute Gasteiger partial charge is 0.241 e. The lowest BCUT2D eigenvalue weighted by atomic mass is 10.4. The van der Waals surface area contributed by atoms with E-state index in [9.17, 15) is 8.42 Å². The second-order valence-corrected chi connectivity index (χ2v) is 7.22. The third-order valence-corrected chi connectivity index (χ3v) is 5.63. The lowest BCUT2D eigenvalue weighted by Crippen LogP contribution is -2.34. The Morgan fingerprint density at radius 1 is 1.25 bits per heavy atom. The van der Waals surface area contributed by atoms with Gasteiger partial charge in [-0.3, -0.25) is 0 Å². The van der Waals surface area contributed by atoms with Gasteiger partial charge in [0, 0.05) is 29.9 Å². The molecule has 2 N–H and O–H groups in total. The van der Waals surface area contributed by atoms with Crippen molar-refractivity contribution in [2.24, 2.45) is 0 Å². The molecule has 5 nitrogen and oxygen atoms in total. The van der Waals surface area contributed by atoms with E-state index in [0.717, 1.165) is 37.6 Å². The first-order chi connectivity index (χ1) is 9.53. The molecule has 7 heteroatoms. The summed E-state index contributed by atoms with van der Waals surface area (Å²) in [4.78, 5) is 3.60. The van der Waals surface area contributed by atoms with Gasteiger partial charge in [0.1, 0.15) is 0 Å². The lowest BCUT2D eigenvalue weighted by Gasteiger charge is -2.17. The average molecular weight is 319 g/mol. The number of hydrogen-bond acceptors (Lipinski definition) is 5. The lowest BCUT2D eigenvalue weighted by molar-refractivity contribution is 0.309. The number of hydrogen-bond donors (Lipinski definition) is 2. The second-order valence-electron chi connectivity index (χ2n) is 4.45. The zero-order chi connectivity index (χ0) is 15.0. The van der Waals surface area contributed by atoms with Crippen LogP contribution in [0.5, 0.6) is 0 Å². The zero-order valence-electron chi connectivity index (χ0n) is 12.5. The van der Waals surface area contributed by atoms with Gasteiger partial charge in [-0.1, -0.05) is 20.8 Å². The molecule has 0 fully saturated rings. The highest BCUT2D eigenvalue weighted by molar-refractivity contribution is 7.89. The molecule has 0 aliphatic carbocycles. The van der Waals surface area contributed by atoms with Crippen molar-refractivity contribution in [1.82, 2.24) is 14.9 Å². The molecule has 116 valence electrons. The van der Waals surface area contributed by atoms with Crippen molar-refractivity contribution in [3.05, 3.63) is 16.3 Å². The van der Waals surface area contributed by atoms with Gasteiger partial charge in [0.15, 0.2) is 0 Å². The molecule has 0 bridgehead atoms. The summed E-state index contributed by atoms with van der Waals surface area (Å²) in [5, 5.41) is 4.89. The molecule has 0 amide bonds. The van der Waals surface area contributed by atoms with Gasteiger partial charge in [0.25, 0.3) is 0 Å². The van der Waals surface area contributed by atoms with Crippen LogP contribution in [0.2, 0.25) is 0 Å². The number of nitrogens with zero attached hydrogens (tertiary/aromatic N) is 1. The number of sulfonamides is 1. The molecule has 0 saturated heterocycles. The average Bonchev–Trinajstić information content (AvgIpc) is 2.91. The van der Waals surface area contributed by atoms with E-state index >= 15 is 0 Å². The molecule has 1 rings (SSSR count). The number of rotatable bonds is 10. The van der Waals surface area contributed by atoms with Gasteiger partial charge < -0.3 is 10.2 Å². The molecule has 0 spiro atoms. The Labute approximate surface area is 126 Å². The molecule has 0 atom stereocenters. The summed E-state index contributed by atoms with van der Waals surface area (Å²) in [6.07, 6.45) is 0. The number of nitrogens with one attached hydrogen (secondary N) is 2. The fourth-order valence-electron chi connectivity index (χ4n) is 1.80. The first-order valence-electron chi connectivity index (χ1n) is 7.03. The van der Waals surface area contributed by atoms with Crippen LogP contribution in [0.25, 0.3) is 0 Å². The maximum absolute atomic E-state index is 12.1. The van der Waals surface area contributed by atoms with Crippen LogP contribution in [0.15, 0.2) is 16.3 Å². The van der Waals surface area contributed by atoms with E-state index in [-0.39, 0.29) is 0 Å². The first kappa shape index (κ1) is 17.6. The Bertz CT molecular complexity index is 482. The molecule has 0 aliphatic heterocycles. The molecule has 0 aliphatic rings. The Kier molecular flexibility index (Phi) is 7.68. The van der Waals surface area contributed by atoms with Gasteiger partial charge in [-0.2, -0.15) is 0 Å². The Morgan fingerprint density at radius 2 is 1.95 bits per heavy atom. The van der Waals surface area contributed by atoms with E-state index in [2.05, 4.69) is 28.8 Å². The van der Waals surface area contributed by atoms with Crippen LogP contribution < -0.4 is 10.0 Å². The van der Waals surface area contributed by atoms with Crippen LogP contribution in [0.4, 0.5) is 0 Å². The van der Waals surface area contributed by atoms with E-state index in [1.165, 1.54) is 11.3 Å². The maximum Gasteiger partial charge on any atom is 0.241 e. The molecule has 0 unspecified atom stereocenters. The molecule has 1 aromatic rings. The summed E-state index contributed by atoms with van der Waals surface area (Å²) in [6.45, 7) is 10.8. The fourth-order valence-corrected chi connectivity index (χ4v) is 4.07. The molecular weight excluding hydrogens is 294 g/mol. The van der Waals surface area contributed by atoms with Crippen molar-refractivity contribution >= 4 is 21.4 Å². The number of thiophene rings is 1. The normalized spacial score (nSPS) is 12.2. The summed E-state index contributed by atoms with van der Waals surface area (Å²) in [6, 6.07) is 1.74. The Balaban J connectivity index is 2.53. The van der Waals surface area contributed by atoms with Crippen LogP contribution in [-0.2, 0) is 16.6 Å². The standard InChI is InChI=1S/C13H25N3O2S2/c1-4-14-10-12-9-13(11-19-12)20(17,18)15-7-8-16(5-2)6-3/h9,11,14-15H,4-8,10H2,1-3H3. The quantitative estimate of drug-likeness (QED) is 0.686. The van der Waals surface area contributed by atoms with E-state index in [1.807, 2.05) is 6.92 Å². The minimum atomic E-state index is -3.37. The van der Waals surface area contributed by atoms with E-state index < -0.39 is 10.0 Å². The van der Waals surface area contributed by atoms with Crippen LogP contribution >= 0.6 is 11.3 Å².